The van der Waals surface area contributed by atoms with E-state index in [0.29, 0.717) is 0 Å². The van der Waals surface area contributed by atoms with Gasteiger partial charge in [-0.2, -0.15) is 0 Å². The van der Waals surface area contributed by atoms with Crippen molar-refractivity contribution in [3.63, 3.8) is 0 Å². The lowest BCUT2D eigenvalue weighted by molar-refractivity contribution is -0.704. The highest BCUT2D eigenvalue weighted by molar-refractivity contribution is 5.19. The minimum atomic E-state index is 1.03. The molecule has 0 saturated heterocycles. The fraction of sp³-hybridized carbons (Fsp3) is 0.500. The van der Waals surface area contributed by atoms with E-state index in [2.05, 4.69) is 66.2 Å². The average molecular weight is 311 g/mol. The molecule has 1 aromatic carbocycles. The monoisotopic (exact) mass is 310 g/mol. The van der Waals surface area contributed by atoms with E-state index in [1.807, 2.05) is 0 Å². The van der Waals surface area contributed by atoms with Gasteiger partial charge in [-0.05, 0) is 12.0 Å². The first-order valence-electron chi connectivity index (χ1n) is 9.41. The Kier molecular flexibility index (Phi) is 8.47. The van der Waals surface area contributed by atoms with Crippen molar-refractivity contribution in [2.75, 3.05) is 0 Å². The summed E-state index contributed by atoms with van der Waals surface area (Å²) in [5.41, 5.74) is 2.81. The highest BCUT2D eigenvalue weighted by Gasteiger charge is 2.09. The molecule has 0 unspecified atom stereocenters. The van der Waals surface area contributed by atoms with Crippen LogP contribution in [0.5, 0.6) is 0 Å². The van der Waals surface area contributed by atoms with Crippen LogP contribution in [0.2, 0.25) is 0 Å². The summed E-state index contributed by atoms with van der Waals surface area (Å²) in [4.78, 5) is 0. The fourth-order valence-electron chi connectivity index (χ4n) is 3.11. The van der Waals surface area contributed by atoms with Crippen LogP contribution in [0.25, 0.3) is 0 Å². The average Bonchev–Trinajstić information content (AvgIpc) is 2.59. The SMILES string of the molecule is CCCCCCCCCC[n+]1ccccc1Cc1ccccc1. The van der Waals surface area contributed by atoms with Crippen LogP contribution >= 0.6 is 0 Å². The second kappa shape index (κ2) is 11.0. The molecule has 2 aromatic rings. The summed E-state index contributed by atoms with van der Waals surface area (Å²) in [6, 6.07) is 17.3. The number of benzene rings is 1. The standard InChI is InChI=1S/C22H32N/c1-2-3-4-5-6-7-8-13-18-23-19-14-12-17-22(23)20-21-15-10-9-11-16-21/h9-12,14-17,19H,2-8,13,18,20H2,1H3/q+1. The van der Waals surface area contributed by atoms with Crippen LogP contribution in [0.3, 0.4) is 0 Å². The molecule has 2 rings (SSSR count). The van der Waals surface area contributed by atoms with Gasteiger partial charge in [0.2, 0.25) is 0 Å². The van der Waals surface area contributed by atoms with E-state index >= 15 is 0 Å². The Morgan fingerprint density at radius 3 is 2.09 bits per heavy atom. The molecule has 0 amide bonds. The van der Waals surface area contributed by atoms with Gasteiger partial charge in [0.05, 0.1) is 6.42 Å². The maximum Gasteiger partial charge on any atom is 0.185 e. The van der Waals surface area contributed by atoms with E-state index < -0.39 is 0 Å². The topological polar surface area (TPSA) is 3.88 Å². The third-order valence-corrected chi connectivity index (χ3v) is 4.52. The number of unbranched alkanes of at least 4 members (excludes halogenated alkanes) is 7. The fourth-order valence-corrected chi connectivity index (χ4v) is 3.11. The summed E-state index contributed by atoms with van der Waals surface area (Å²) < 4.78 is 2.43. The van der Waals surface area contributed by atoms with Crippen molar-refractivity contribution in [1.82, 2.24) is 0 Å². The van der Waals surface area contributed by atoms with Gasteiger partial charge in [-0.1, -0.05) is 81.8 Å². The predicted octanol–water partition coefficient (Wildman–Crippen LogP) is 5.71. The van der Waals surface area contributed by atoms with Gasteiger partial charge >= 0.3 is 0 Å². The molecule has 23 heavy (non-hydrogen) atoms. The molecule has 1 heteroatoms. The van der Waals surface area contributed by atoms with E-state index in [1.165, 1.54) is 62.6 Å². The molecule has 0 spiro atoms. The Morgan fingerprint density at radius 1 is 0.696 bits per heavy atom. The van der Waals surface area contributed by atoms with Gasteiger partial charge in [0.1, 0.15) is 6.54 Å². The molecule has 1 aromatic heterocycles. The second-order valence-corrected chi connectivity index (χ2v) is 6.52. The first-order valence-corrected chi connectivity index (χ1v) is 9.41. The Balaban J connectivity index is 1.73. The molecule has 0 fully saturated rings. The van der Waals surface area contributed by atoms with Crippen molar-refractivity contribution >= 4 is 0 Å². The molecule has 124 valence electrons. The molecule has 0 N–H and O–H groups in total. The molecule has 0 aliphatic carbocycles. The third-order valence-electron chi connectivity index (χ3n) is 4.52. The van der Waals surface area contributed by atoms with Crippen LogP contribution in [0, 0.1) is 0 Å². The zero-order valence-electron chi connectivity index (χ0n) is 14.7. The van der Waals surface area contributed by atoms with Crippen LogP contribution in [0.4, 0.5) is 0 Å². The number of hydrogen-bond donors (Lipinski definition) is 0. The molecule has 0 saturated carbocycles. The smallest absolute Gasteiger partial charge is 0.185 e. The quantitative estimate of drug-likeness (QED) is 0.370. The van der Waals surface area contributed by atoms with E-state index in [1.54, 1.807) is 0 Å². The molecule has 1 nitrogen and oxygen atoms in total. The molecular weight excluding hydrogens is 278 g/mol. The number of nitrogens with zero attached hydrogens (tertiary/aromatic N) is 1. The zero-order chi connectivity index (χ0) is 16.2. The first kappa shape index (κ1) is 17.7. The maximum absolute atomic E-state index is 2.43. The van der Waals surface area contributed by atoms with Crippen molar-refractivity contribution in [2.45, 2.75) is 71.3 Å². The van der Waals surface area contributed by atoms with Crippen LogP contribution in [0.15, 0.2) is 54.7 Å². The molecule has 0 radical (unpaired) electrons. The summed E-state index contributed by atoms with van der Waals surface area (Å²) in [5, 5.41) is 0. The molecule has 0 aliphatic heterocycles. The van der Waals surface area contributed by atoms with Gasteiger partial charge in [0, 0.05) is 18.6 Å². The van der Waals surface area contributed by atoms with E-state index in [9.17, 15) is 0 Å². The summed E-state index contributed by atoms with van der Waals surface area (Å²) in [6.07, 6.45) is 14.3. The predicted molar refractivity (Wildman–Crippen MR) is 98.5 cm³/mol. The molecule has 0 atom stereocenters. The normalized spacial score (nSPS) is 10.8. The Morgan fingerprint density at radius 2 is 1.35 bits per heavy atom. The zero-order valence-corrected chi connectivity index (χ0v) is 14.7. The van der Waals surface area contributed by atoms with Crippen molar-refractivity contribution in [3.05, 3.63) is 66.0 Å². The van der Waals surface area contributed by atoms with Gasteiger partial charge < -0.3 is 0 Å². The van der Waals surface area contributed by atoms with Crippen LogP contribution < -0.4 is 4.57 Å². The van der Waals surface area contributed by atoms with Crippen molar-refractivity contribution < 1.29 is 4.57 Å². The largest absolute Gasteiger partial charge is 0.202 e. The second-order valence-electron chi connectivity index (χ2n) is 6.52. The van der Waals surface area contributed by atoms with E-state index in [0.717, 1.165) is 13.0 Å². The number of hydrogen-bond acceptors (Lipinski definition) is 0. The van der Waals surface area contributed by atoms with Crippen LogP contribution in [0.1, 0.15) is 69.5 Å². The third kappa shape index (κ3) is 6.99. The van der Waals surface area contributed by atoms with Crippen molar-refractivity contribution in [1.29, 1.82) is 0 Å². The van der Waals surface area contributed by atoms with Gasteiger partial charge in [0.15, 0.2) is 11.9 Å². The number of aryl methyl sites for hydroxylation is 1. The van der Waals surface area contributed by atoms with Gasteiger partial charge in [-0.15, -0.1) is 0 Å². The lowest BCUT2D eigenvalue weighted by Crippen LogP contribution is -2.38. The number of pyridine rings is 1. The first-order chi connectivity index (χ1) is 11.4. The Hall–Kier alpha value is -1.63. The van der Waals surface area contributed by atoms with Gasteiger partial charge in [-0.3, -0.25) is 0 Å². The van der Waals surface area contributed by atoms with E-state index in [-0.39, 0.29) is 0 Å². The summed E-state index contributed by atoms with van der Waals surface area (Å²) >= 11 is 0. The van der Waals surface area contributed by atoms with Gasteiger partial charge in [0.25, 0.3) is 0 Å². The van der Waals surface area contributed by atoms with Crippen LogP contribution in [-0.4, -0.2) is 0 Å². The minimum Gasteiger partial charge on any atom is -0.202 e. The summed E-state index contributed by atoms with van der Waals surface area (Å²) in [6.45, 7) is 3.43. The minimum absolute atomic E-state index is 1.03. The van der Waals surface area contributed by atoms with Crippen molar-refractivity contribution in [2.24, 2.45) is 0 Å². The molecule has 1 heterocycles. The highest BCUT2D eigenvalue weighted by atomic mass is 14.9. The molecular formula is C22H32N+. The Labute approximate surface area is 142 Å². The molecule has 0 bridgehead atoms. The number of aromatic nitrogens is 1. The lowest BCUT2D eigenvalue weighted by atomic mass is 10.1. The Bertz CT molecular complexity index is 533. The summed E-state index contributed by atoms with van der Waals surface area (Å²) in [5.74, 6) is 0. The summed E-state index contributed by atoms with van der Waals surface area (Å²) in [7, 11) is 0. The highest BCUT2D eigenvalue weighted by Crippen LogP contribution is 2.09. The van der Waals surface area contributed by atoms with E-state index in [4.69, 9.17) is 0 Å². The lowest BCUT2D eigenvalue weighted by Gasteiger charge is -2.05. The van der Waals surface area contributed by atoms with Crippen molar-refractivity contribution in [3.8, 4) is 0 Å². The van der Waals surface area contributed by atoms with Crippen LogP contribution in [-0.2, 0) is 13.0 Å². The van der Waals surface area contributed by atoms with Gasteiger partial charge in [-0.25, -0.2) is 4.57 Å². The number of rotatable bonds is 11. The molecule has 0 aliphatic rings. The maximum atomic E-state index is 2.43.